The molecule has 1 aliphatic rings. The Bertz CT molecular complexity index is 209. The normalized spacial score (nSPS) is 25.3. The average molecular weight is 214 g/mol. The van der Waals surface area contributed by atoms with Gasteiger partial charge in [-0.2, -0.15) is 0 Å². The van der Waals surface area contributed by atoms with Crippen LogP contribution in [0.3, 0.4) is 0 Å². The van der Waals surface area contributed by atoms with Gasteiger partial charge in [0.25, 0.3) is 0 Å². The number of rotatable bonds is 4. The van der Waals surface area contributed by atoms with Crippen LogP contribution in [0.15, 0.2) is 0 Å². The van der Waals surface area contributed by atoms with E-state index in [0.717, 1.165) is 32.5 Å². The number of nitrogens with zero attached hydrogens (tertiary/aromatic N) is 1. The van der Waals surface area contributed by atoms with E-state index in [1.807, 2.05) is 13.8 Å². The van der Waals surface area contributed by atoms with Crippen molar-refractivity contribution < 1.29 is 9.53 Å². The SMILES string of the molecule is CCN(CC)C(=O)NCC1(C)CCCO1. The van der Waals surface area contributed by atoms with Crippen LogP contribution in [0.4, 0.5) is 4.79 Å². The van der Waals surface area contributed by atoms with Crippen molar-refractivity contribution in [3.8, 4) is 0 Å². The Kier molecular flexibility index (Phi) is 4.39. The first kappa shape index (κ1) is 12.3. The van der Waals surface area contributed by atoms with Gasteiger partial charge in [-0.25, -0.2) is 4.79 Å². The molecule has 1 aliphatic heterocycles. The summed E-state index contributed by atoms with van der Waals surface area (Å²) < 4.78 is 5.60. The number of nitrogens with one attached hydrogen (secondary N) is 1. The molecule has 0 aliphatic carbocycles. The smallest absolute Gasteiger partial charge is 0.317 e. The van der Waals surface area contributed by atoms with Crippen LogP contribution < -0.4 is 5.32 Å². The van der Waals surface area contributed by atoms with Crippen molar-refractivity contribution in [1.82, 2.24) is 10.2 Å². The van der Waals surface area contributed by atoms with Crippen LogP contribution >= 0.6 is 0 Å². The molecular weight excluding hydrogens is 192 g/mol. The molecule has 2 amide bonds. The number of hydrogen-bond acceptors (Lipinski definition) is 2. The molecule has 0 spiro atoms. The highest BCUT2D eigenvalue weighted by Gasteiger charge is 2.30. The monoisotopic (exact) mass is 214 g/mol. The zero-order valence-electron chi connectivity index (χ0n) is 10.0. The van der Waals surface area contributed by atoms with E-state index in [4.69, 9.17) is 4.74 Å². The van der Waals surface area contributed by atoms with E-state index in [1.54, 1.807) is 4.90 Å². The van der Waals surface area contributed by atoms with Gasteiger partial charge in [0, 0.05) is 26.2 Å². The molecule has 15 heavy (non-hydrogen) atoms. The topological polar surface area (TPSA) is 41.6 Å². The maximum atomic E-state index is 11.7. The van der Waals surface area contributed by atoms with E-state index < -0.39 is 0 Å². The molecule has 1 N–H and O–H groups in total. The lowest BCUT2D eigenvalue weighted by Crippen LogP contribution is -2.46. The predicted octanol–water partition coefficient (Wildman–Crippen LogP) is 1.61. The van der Waals surface area contributed by atoms with Crippen molar-refractivity contribution in [3.05, 3.63) is 0 Å². The molecule has 1 saturated heterocycles. The van der Waals surface area contributed by atoms with Gasteiger partial charge < -0.3 is 15.0 Å². The summed E-state index contributed by atoms with van der Waals surface area (Å²) in [5, 5.41) is 2.93. The molecule has 1 fully saturated rings. The summed E-state index contributed by atoms with van der Waals surface area (Å²) in [6, 6.07) is 0.0109. The molecule has 1 rings (SSSR count). The Morgan fingerprint density at radius 1 is 1.47 bits per heavy atom. The van der Waals surface area contributed by atoms with E-state index in [-0.39, 0.29) is 11.6 Å². The largest absolute Gasteiger partial charge is 0.373 e. The predicted molar refractivity (Wildman–Crippen MR) is 59.9 cm³/mol. The fourth-order valence-corrected chi connectivity index (χ4v) is 1.86. The summed E-state index contributed by atoms with van der Waals surface area (Å²) in [4.78, 5) is 13.4. The fraction of sp³-hybridized carbons (Fsp3) is 0.909. The number of amides is 2. The van der Waals surface area contributed by atoms with Crippen molar-refractivity contribution in [2.45, 2.75) is 39.2 Å². The lowest BCUT2D eigenvalue weighted by Gasteiger charge is -2.26. The molecule has 0 radical (unpaired) electrons. The Morgan fingerprint density at radius 3 is 2.60 bits per heavy atom. The molecule has 0 aromatic carbocycles. The van der Waals surface area contributed by atoms with Crippen molar-refractivity contribution in [1.29, 1.82) is 0 Å². The first-order valence-electron chi connectivity index (χ1n) is 5.78. The van der Waals surface area contributed by atoms with Gasteiger partial charge >= 0.3 is 6.03 Å². The first-order valence-corrected chi connectivity index (χ1v) is 5.78. The minimum absolute atomic E-state index is 0.0109. The molecule has 0 aromatic heterocycles. The molecular formula is C11H22N2O2. The summed E-state index contributed by atoms with van der Waals surface area (Å²) in [5.41, 5.74) is -0.150. The number of carbonyl (C=O) groups is 1. The molecule has 0 saturated carbocycles. The highest BCUT2D eigenvalue weighted by molar-refractivity contribution is 5.74. The minimum atomic E-state index is -0.150. The average Bonchev–Trinajstić information content (AvgIpc) is 2.65. The molecule has 1 heterocycles. The van der Waals surface area contributed by atoms with Gasteiger partial charge in [0.2, 0.25) is 0 Å². The number of ether oxygens (including phenoxy) is 1. The van der Waals surface area contributed by atoms with Crippen LogP contribution in [-0.4, -0.2) is 42.8 Å². The number of urea groups is 1. The summed E-state index contributed by atoms with van der Waals surface area (Å²) in [7, 11) is 0. The van der Waals surface area contributed by atoms with Gasteiger partial charge in [-0.05, 0) is 33.6 Å². The van der Waals surface area contributed by atoms with Gasteiger partial charge in [-0.3, -0.25) is 0 Å². The maximum Gasteiger partial charge on any atom is 0.317 e. The molecule has 4 nitrogen and oxygen atoms in total. The summed E-state index contributed by atoms with van der Waals surface area (Å²) in [6.07, 6.45) is 2.13. The van der Waals surface area contributed by atoms with Crippen LogP contribution in [-0.2, 0) is 4.74 Å². The van der Waals surface area contributed by atoms with E-state index in [0.29, 0.717) is 6.54 Å². The van der Waals surface area contributed by atoms with Gasteiger partial charge in [0.05, 0.1) is 5.60 Å². The van der Waals surface area contributed by atoms with Crippen molar-refractivity contribution in [3.63, 3.8) is 0 Å². The molecule has 0 bridgehead atoms. The van der Waals surface area contributed by atoms with Gasteiger partial charge in [-0.1, -0.05) is 0 Å². The van der Waals surface area contributed by atoms with Gasteiger partial charge in [0.1, 0.15) is 0 Å². The van der Waals surface area contributed by atoms with Gasteiger partial charge in [0.15, 0.2) is 0 Å². The Labute approximate surface area is 92.0 Å². The van der Waals surface area contributed by atoms with Crippen LogP contribution in [0.1, 0.15) is 33.6 Å². The Hall–Kier alpha value is -0.770. The molecule has 0 aromatic rings. The number of carbonyl (C=O) groups excluding carboxylic acids is 1. The van der Waals surface area contributed by atoms with E-state index in [2.05, 4.69) is 12.2 Å². The van der Waals surface area contributed by atoms with Crippen molar-refractivity contribution in [2.24, 2.45) is 0 Å². The third-order valence-corrected chi connectivity index (χ3v) is 2.96. The highest BCUT2D eigenvalue weighted by atomic mass is 16.5. The van der Waals surface area contributed by atoms with Crippen LogP contribution in [0, 0.1) is 0 Å². The zero-order chi connectivity index (χ0) is 11.3. The van der Waals surface area contributed by atoms with Gasteiger partial charge in [-0.15, -0.1) is 0 Å². The quantitative estimate of drug-likeness (QED) is 0.772. The lowest BCUT2D eigenvalue weighted by atomic mass is 10.0. The highest BCUT2D eigenvalue weighted by Crippen LogP contribution is 2.23. The summed E-state index contributed by atoms with van der Waals surface area (Å²) >= 11 is 0. The second kappa shape index (κ2) is 5.35. The minimum Gasteiger partial charge on any atom is -0.373 e. The third kappa shape index (κ3) is 3.38. The van der Waals surface area contributed by atoms with E-state index in [1.165, 1.54) is 0 Å². The van der Waals surface area contributed by atoms with Crippen molar-refractivity contribution >= 4 is 6.03 Å². The fourth-order valence-electron chi connectivity index (χ4n) is 1.86. The van der Waals surface area contributed by atoms with Crippen molar-refractivity contribution in [2.75, 3.05) is 26.2 Å². The number of hydrogen-bond donors (Lipinski definition) is 1. The molecule has 88 valence electrons. The second-order valence-electron chi connectivity index (χ2n) is 4.23. The molecule has 1 unspecified atom stereocenters. The second-order valence-corrected chi connectivity index (χ2v) is 4.23. The standard InChI is InChI=1S/C11H22N2O2/c1-4-13(5-2)10(14)12-9-11(3)7-6-8-15-11/h4-9H2,1-3H3,(H,12,14). The summed E-state index contributed by atoms with van der Waals surface area (Å²) in [6.45, 7) is 8.95. The lowest BCUT2D eigenvalue weighted by molar-refractivity contribution is 0.0220. The van der Waals surface area contributed by atoms with Crippen LogP contribution in [0.5, 0.6) is 0 Å². The Balaban J connectivity index is 2.32. The van der Waals surface area contributed by atoms with E-state index >= 15 is 0 Å². The zero-order valence-corrected chi connectivity index (χ0v) is 10.0. The van der Waals surface area contributed by atoms with Crippen LogP contribution in [0.2, 0.25) is 0 Å². The molecule has 1 atom stereocenters. The molecule has 4 heteroatoms. The van der Waals surface area contributed by atoms with Crippen LogP contribution in [0.25, 0.3) is 0 Å². The maximum absolute atomic E-state index is 11.7. The first-order chi connectivity index (χ1) is 7.11. The Morgan fingerprint density at radius 2 is 2.13 bits per heavy atom. The summed E-state index contributed by atoms with van der Waals surface area (Å²) in [5.74, 6) is 0. The van der Waals surface area contributed by atoms with E-state index in [9.17, 15) is 4.79 Å². The third-order valence-electron chi connectivity index (χ3n) is 2.96.